The Labute approximate surface area is 108 Å². The Morgan fingerprint density at radius 1 is 0.833 bits per heavy atom. The van der Waals surface area contributed by atoms with Gasteiger partial charge in [0, 0.05) is 0 Å². The van der Waals surface area contributed by atoms with Crippen LogP contribution >= 0.6 is 0 Å². The maximum atomic E-state index is 10.3. The topological polar surface area (TPSA) is 40.5 Å². The van der Waals surface area contributed by atoms with Crippen LogP contribution in [0.2, 0.25) is 0 Å². The molecule has 0 aliphatic carbocycles. The highest BCUT2D eigenvalue weighted by Crippen LogP contribution is 2.33. The second kappa shape index (κ2) is 4.08. The third-order valence-corrected chi connectivity index (χ3v) is 3.23. The molecule has 2 nitrogen and oxygen atoms in total. The number of fused-ring (bicyclic) bond motifs is 1. The molecule has 0 aliphatic heterocycles. The molecule has 0 radical (unpaired) electrons. The van der Waals surface area contributed by atoms with Gasteiger partial charge in [0.2, 0.25) is 0 Å². The van der Waals surface area contributed by atoms with Crippen molar-refractivity contribution >= 4 is 10.8 Å². The fourth-order valence-corrected chi connectivity index (χ4v) is 2.17. The lowest BCUT2D eigenvalue weighted by molar-refractivity contribution is 0.0729. The van der Waals surface area contributed by atoms with E-state index in [1.807, 2.05) is 36.4 Å². The van der Waals surface area contributed by atoms with Gasteiger partial charge in [0.15, 0.2) is 0 Å². The van der Waals surface area contributed by atoms with E-state index in [0.717, 1.165) is 21.9 Å². The maximum Gasteiger partial charge on any atom is 0.0846 e. The molecular formula is C16H20O2. The molecule has 2 aromatic carbocycles. The van der Waals surface area contributed by atoms with Crippen LogP contribution in [-0.2, 0) is 11.2 Å². The van der Waals surface area contributed by atoms with Gasteiger partial charge in [0.25, 0.3) is 0 Å². The molecule has 0 aromatic heterocycles. The lowest BCUT2D eigenvalue weighted by Crippen LogP contribution is -2.20. The van der Waals surface area contributed by atoms with Gasteiger partial charge in [-0.2, -0.15) is 0 Å². The van der Waals surface area contributed by atoms with Crippen LogP contribution in [0, 0.1) is 0 Å². The number of rotatable bonds is 2. The zero-order valence-electron chi connectivity index (χ0n) is 11.4. The zero-order valence-corrected chi connectivity index (χ0v) is 11.4. The summed E-state index contributed by atoms with van der Waals surface area (Å²) in [7, 11) is 0. The fourth-order valence-electron chi connectivity index (χ4n) is 2.17. The SMILES string of the molecule is CC(C)(O)c1cc(C(C)(C)O)c2ccccc2c1. The van der Waals surface area contributed by atoms with Crippen molar-refractivity contribution in [2.45, 2.75) is 38.9 Å². The molecular weight excluding hydrogens is 224 g/mol. The number of hydrogen-bond donors (Lipinski definition) is 2. The Balaban J connectivity index is 2.81. The molecule has 2 rings (SSSR count). The van der Waals surface area contributed by atoms with Gasteiger partial charge >= 0.3 is 0 Å². The number of hydrogen-bond acceptors (Lipinski definition) is 2. The molecule has 0 atom stereocenters. The van der Waals surface area contributed by atoms with Crippen molar-refractivity contribution < 1.29 is 10.2 Å². The van der Waals surface area contributed by atoms with Crippen LogP contribution < -0.4 is 0 Å². The van der Waals surface area contributed by atoms with E-state index < -0.39 is 11.2 Å². The summed E-state index contributed by atoms with van der Waals surface area (Å²) in [5, 5.41) is 22.5. The molecule has 2 aromatic rings. The minimum absolute atomic E-state index is 0.818. The highest BCUT2D eigenvalue weighted by Gasteiger charge is 2.23. The zero-order chi connectivity index (χ0) is 13.6. The molecule has 18 heavy (non-hydrogen) atoms. The van der Waals surface area contributed by atoms with Crippen LogP contribution in [0.3, 0.4) is 0 Å². The predicted molar refractivity (Wildman–Crippen MR) is 74.4 cm³/mol. The normalized spacial score (nSPS) is 13.0. The molecule has 0 heterocycles. The van der Waals surface area contributed by atoms with Gasteiger partial charge in [-0.3, -0.25) is 0 Å². The Morgan fingerprint density at radius 3 is 2.00 bits per heavy atom. The molecule has 2 N–H and O–H groups in total. The summed E-state index contributed by atoms with van der Waals surface area (Å²) in [6, 6.07) is 11.8. The van der Waals surface area contributed by atoms with Gasteiger partial charge in [-0.1, -0.05) is 24.3 Å². The van der Waals surface area contributed by atoms with E-state index in [2.05, 4.69) is 0 Å². The van der Waals surface area contributed by atoms with Gasteiger partial charge in [0.1, 0.15) is 0 Å². The molecule has 0 saturated carbocycles. The summed E-state index contributed by atoms with van der Waals surface area (Å²) in [6.45, 7) is 7.04. The largest absolute Gasteiger partial charge is 0.386 e. The monoisotopic (exact) mass is 244 g/mol. The second-order valence-electron chi connectivity index (χ2n) is 5.86. The highest BCUT2D eigenvalue weighted by atomic mass is 16.3. The minimum Gasteiger partial charge on any atom is -0.386 e. The summed E-state index contributed by atoms with van der Waals surface area (Å²) in [5.41, 5.74) is -0.179. The van der Waals surface area contributed by atoms with Gasteiger partial charge in [-0.25, -0.2) is 0 Å². The fraction of sp³-hybridized carbons (Fsp3) is 0.375. The molecule has 2 heteroatoms. The van der Waals surface area contributed by atoms with Gasteiger partial charge < -0.3 is 10.2 Å². The second-order valence-corrected chi connectivity index (χ2v) is 5.86. The quantitative estimate of drug-likeness (QED) is 0.851. The molecule has 0 amide bonds. The van der Waals surface area contributed by atoms with Crippen LogP contribution in [0.1, 0.15) is 38.8 Å². The molecule has 96 valence electrons. The van der Waals surface area contributed by atoms with Crippen molar-refractivity contribution in [3.63, 3.8) is 0 Å². The average molecular weight is 244 g/mol. The number of aliphatic hydroxyl groups is 2. The van der Waals surface area contributed by atoms with Crippen molar-refractivity contribution in [3.8, 4) is 0 Å². The molecule has 0 unspecified atom stereocenters. The Kier molecular flexibility index (Phi) is 2.96. The van der Waals surface area contributed by atoms with Crippen molar-refractivity contribution in [1.82, 2.24) is 0 Å². The van der Waals surface area contributed by atoms with Crippen LogP contribution in [0.15, 0.2) is 36.4 Å². The molecule has 0 fully saturated rings. The predicted octanol–water partition coefficient (Wildman–Crippen LogP) is 3.29. The maximum absolute atomic E-state index is 10.3. The first-order valence-electron chi connectivity index (χ1n) is 6.18. The minimum atomic E-state index is -0.930. The van der Waals surface area contributed by atoms with Gasteiger partial charge in [-0.05, 0) is 61.7 Å². The first-order chi connectivity index (χ1) is 8.19. The molecule has 0 bridgehead atoms. The summed E-state index contributed by atoms with van der Waals surface area (Å²) in [5.74, 6) is 0. The van der Waals surface area contributed by atoms with Crippen LogP contribution in [0.5, 0.6) is 0 Å². The summed E-state index contributed by atoms with van der Waals surface area (Å²) < 4.78 is 0. The van der Waals surface area contributed by atoms with Crippen molar-refractivity contribution in [3.05, 3.63) is 47.5 Å². The summed E-state index contributed by atoms with van der Waals surface area (Å²) in [6.07, 6.45) is 0. The summed E-state index contributed by atoms with van der Waals surface area (Å²) >= 11 is 0. The Bertz CT molecular complexity index is 572. The third-order valence-electron chi connectivity index (χ3n) is 3.23. The van der Waals surface area contributed by atoms with E-state index in [9.17, 15) is 10.2 Å². The van der Waals surface area contributed by atoms with E-state index in [4.69, 9.17) is 0 Å². The Hall–Kier alpha value is -1.38. The third kappa shape index (κ3) is 2.40. The van der Waals surface area contributed by atoms with Gasteiger partial charge in [0.05, 0.1) is 11.2 Å². The van der Waals surface area contributed by atoms with Crippen LogP contribution in [0.25, 0.3) is 10.8 Å². The van der Waals surface area contributed by atoms with Crippen molar-refractivity contribution in [2.24, 2.45) is 0 Å². The van der Waals surface area contributed by atoms with E-state index in [1.54, 1.807) is 27.7 Å². The van der Waals surface area contributed by atoms with Crippen LogP contribution in [-0.4, -0.2) is 10.2 Å². The lowest BCUT2D eigenvalue weighted by Gasteiger charge is -2.25. The van der Waals surface area contributed by atoms with E-state index in [0.29, 0.717) is 0 Å². The standard InChI is InChI=1S/C16H20O2/c1-15(2,17)12-9-11-7-5-6-8-13(11)14(10-12)16(3,4)18/h5-10,17-18H,1-4H3. The smallest absolute Gasteiger partial charge is 0.0846 e. The molecule has 0 aliphatic rings. The molecule has 0 spiro atoms. The Morgan fingerprint density at radius 2 is 1.44 bits per heavy atom. The first kappa shape index (κ1) is 13.1. The first-order valence-corrected chi connectivity index (χ1v) is 6.18. The van der Waals surface area contributed by atoms with Crippen LogP contribution in [0.4, 0.5) is 0 Å². The molecule has 0 saturated heterocycles. The number of benzene rings is 2. The highest BCUT2D eigenvalue weighted by molar-refractivity contribution is 5.87. The van der Waals surface area contributed by atoms with Crippen molar-refractivity contribution in [1.29, 1.82) is 0 Å². The van der Waals surface area contributed by atoms with E-state index in [-0.39, 0.29) is 0 Å². The summed E-state index contributed by atoms with van der Waals surface area (Å²) in [4.78, 5) is 0. The lowest BCUT2D eigenvalue weighted by atomic mass is 9.86. The van der Waals surface area contributed by atoms with E-state index in [1.165, 1.54) is 0 Å². The van der Waals surface area contributed by atoms with E-state index >= 15 is 0 Å². The van der Waals surface area contributed by atoms with Gasteiger partial charge in [-0.15, -0.1) is 0 Å². The van der Waals surface area contributed by atoms with Crippen molar-refractivity contribution in [2.75, 3.05) is 0 Å². The average Bonchev–Trinajstić information content (AvgIpc) is 2.25.